The second kappa shape index (κ2) is 9.47. The monoisotopic (exact) mass is 457 g/mol. The van der Waals surface area contributed by atoms with E-state index in [2.05, 4.69) is 5.16 Å². The molecule has 1 saturated heterocycles. The van der Waals surface area contributed by atoms with Crippen LogP contribution >= 0.6 is 0 Å². The molecule has 0 saturated carbocycles. The van der Waals surface area contributed by atoms with Gasteiger partial charge in [0.1, 0.15) is 11.6 Å². The van der Waals surface area contributed by atoms with Crippen LogP contribution in [0.5, 0.6) is 0 Å². The zero-order chi connectivity index (χ0) is 23.5. The molecule has 1 amide bonds. The lowest BCUT2D eigenvalue weighted by Gasteiger charge is -2.39. The maximum absolute atomic E-state index is 14.0. The quantitative estimate of drug-likeness (QED) is 0.431. The van der Waals surface area contributed by atoms with Gasteiger partial charge in [-0.1, -0.05) is 35.5 Å². The van der Waals surface area contributed by atoms with Gasteiger partial charge in [-0.3, -0.25) is 19.7 Å². The van der Waals surface area contributed by atoms with Crippen LogP contribution in [0.2, 0.25) is 0 Å². The Morgan fingerprint density at radius 1 is 1.15 bits per heavy atom. The van der Waals surface area contributed by atoms with Crippen molar-refractivity contribution in [1.29, 1.82) is 0 Å². The normalized spacial score (nSPS) is 18.8. The third kappa shape index (κ3) is 4.91. The van der Waals surface area contributed by atoms with Gasteiger partial charge < -0.3 is 9.63 Å². The van der Waals surface area contributed by atoms with E-state index < -0.39 is 35.5 Å². The van der Waals surface area contributed by atoms with Gasteiger partial charge in [0.15, 0.2) is 11.5 Å². The molecule has 33 heavy (non-hydrogen) atoms. The predicted molar refractivity (Wildman–Crippen MR) is 111 cm³/mol. The molecule has 10 heteroatoms. The molecular weight excluding hydrogens is 436 g/mol. The van der Waals surface area contributed by atoms with Crippen LogP contribution in [0.25, 0.3) is 11.3 Å². The summed E-state index contributed by atoms with van der Waals surface area (Å²) < 4.78 is 32.1. The van der Waals surface area contributed by atoms with Crippen molar-refractivity contribution >= 4 is 11.9 Å². The second-order valence-electron chi connectivity index (χ2n) is 7.87. The number of likely N-dealkylation sites (tertiary alicyclic amines) is 1. The summed E-state index contributed by atoms with van der Waals surface area (Å²) in [5, 5.41) is 24.2. The minimum atomic E-state index is -1.14. The number of rotatable bonds is 6. The number of aromatic nitrogens is 1. The SMILES string of the molecule is O=C(O)[C@H]1CN(Cc2ccccc2)CC[C@@H]1N(O)C(=O)c1cc(-c2ccc(F)cc2F)on1. The van der Waals surface area contributed by atoms with E-state index in [1.165, 1.54) is 0 Å². The number of hydrogen-bond donors (Lipinski definition) is 2. The molecule has 2 atom stereocenters. The number of carbonyl (C=O) groups is 2. The molecule has 2 heterocycles. The van der Waals surface area contributed by atoms with Gasteiger partial charge in [0.25, 0.3) is 5.91 Å². The van der Waals surface area contributed by atoms with E-state index in [9.17, 15) is 28.7 Å². The summed E-state index contributed by atoms with van der Waals surface area (Å²) in [6, 6.07) is 12.5. The molecule has 1 aliphatic rings. The standard InChI is InChI=1S/C23H21F2N3O5/c24-15-6-7-16(18(25)10-15)21-11-19(26-33-21)22(29)28(32)20-8-9-27(13-17(20)23(30)31)12-14-4-2-1-3-5-14/h1-7,10-11,17,20,32H,8-9,12-13H2,(H,30,31)/t17-,20-/m0/s1. The highest BCUT2D eigenvalue weighted by Crippen LogP contribution is 2.27. The van der Waals surface area contributed by atoms with Crippen molar-refractivity contribution in [3.63, 3.8) is 0 Å². The van der Waals surface area contributed by atoms with Gasteiger partial charge in [-0.2, -0.15) is 0 Å². The van der Waals surface area contributed by atoms with Crippen LogP contribution in [0, 0.1) is 17.6 Å². The topological polar surface area (TPSA) is 107 Å². The van der Waals surface area contributed by atoms with Crippen molar-refractivity contribution in [2.45, 2.75) is 19.0 Å². The minimum Gasteiger partial charge on any atom is -0.481 e. The van der Waals surface area contributed by atoms with Gasteiger partial charge >= 0.3 is 5.97 Å². The van der Waals surface area contributed by atoms with Crippen LogP contribution < -0.4 is 0 Å². The Kier molecular flexibility index (Phi) is 6.47. The number of nitrogens with zero attached hydrogens (tertiary/aromatic N) is 3. The van der Waals surface area contributed by atoms with Crippen molar-refractivity contribution < 1.29 is 33.2 Å². The zero-order valence-corrected chi connectivity index (χ0v) is 17.4. The van der Waals surface area contributed by atoms with Gasteiger partial charge in [0.05, 0.1) is 17.5 Å². The molecule has 0 unspecified atom stereocenters. The molecular formula is C23H21F2N3O5. The van der Waals surface area contributed by atoms with Gasteiger partial charge in [-0.15, -0.1) is 0 Å². The summed E-state index contributed by atoms with van der Waals surface area (Å²) in [4.78, 5) is 26.6. The number of carbonyl (C=O) groups excluding carboxylic acids is 1. The summed E-state index contributed by atoms with van der Waals surface area (Å²) in [6.45, 7) is 1.16. The third-order valence-electron chi connectivity index (χ3n) is 5.67. The summed E-state index contributed by atoms with van der Waals surface area (Å²) in [6.07, 6.45) is 0.226. The van der Waals surface area contributed by atoms with E-state index in [1.54, 1.807) is 0 Å². The third-order valence-corrected chi connectivity index (χ3v) is 5.67. The lowest BCUT2D eigenvalue weighted by molar-refractivity contribution is -0.159. The number of piperidine rings is 1. The number of carboxylic acid groups (broad SMARTS) is 1. The zero-order valence-electron chi connectivity index (χ0n) is 17.4. The number of hydroxylamine groups is 2. The summed E-state index contributed by atoms with van der Waals surface area (Å²) in [5.74, 6) is -4.94. The van der Waals surface area contributed by atoms with Gasteiger partial charge in [0.2, 0.25) is 0 Å². The second-order valence-corrected chi connectivity index (χ2v) is 7.87. The first-order chi connectivity index (χ1) is 15.8. The molecule has 0 radical (unpaired) electrons. The van der Waals surface area contributed by atoms with E-state index >= 15 is 0 Å². The molecule has 1 fully saturated rings. The molecule has 172 valence electrons. The molecule has 3 aromatic rings. The Labute approximate surface area is 187 Å². The molecule has 1 aliphatic heterocycles. The average Bonchev–Trinajstić information content (AvgIpc) is 3.28. The minimum absolute atomic E-state index is 0.106. The molecule has 0 spiro atoms. The van der Waals surface area contributed by atoms with E-state index in [0.29, 0.717) is 24.2 Å². The lowest BCUT2D eigenvalue weighted by atomic mass is 9.91. The van der Waals surface area contributed by atoms with Crippen LogP contribution in [0.1, 0.15) is 22.5 Å². The van der Waals surface area contributed by atoms with E-state index in [4.69, 9.17) is 4.52 Å². The fraction of sp³-hybridized carbons (Fsp3) is 0.261. The number of aliphatic carboxylic acids is 1. The van der Waals surface area contributed by atoms with E-state index in [0.717, 1.165) is 23.8 Å². The highest BCUT2D eigenvalue weighted by atomic mass is 19.1. The molecule has 0 bridgehead atoms. The van der Waals surface area contributed by atoms with Gasteiger partial charge in [0, 0.05) is 31.8 Å². The first-order valence-electron chi connectivity index (χ1n) is 10.3. The van der Waals surface area contributed by atoms with Crippen LogP contribution in [-0.2, 0) is 11.3 Å². The largest absolute Gasteiger partial charge is 0.481 e. The number of benzene rings is 2. The maximum atomic E-state index is 14.0. The van der Waals surface area contributed by atoms with Crippen LogP contribution in [0.3, 0.4) is 0 Å². The lowest BCUT2D eigenvalue weighted by Crippen LogP contribution is -2.54. The Hall–Kier alpha value is -3.63. The van der Waals surface area contributed by atoms with Crippen molar-refractivity contribution in [1.82, 2.24) is 15.1 Å². The van der Waals surface area contributed by atoms with Crippen molar-refractivity contribution in [3.05, 3.63) is 77.5 Å². The number of carboxylic acids is 1. The number of halogens is 2. The smallest absolute Gasteiger partial charge is 0.310 e. The number of amides is 1. The molecule has 4 rings (SSSR count). The summed E-state index contributed by atoms with van der Waals surface area (Å²) in [5.41, 5.74) is 0.595. The highest BCUT2D eigenvalue weighted by Gasteiger charge is 2.40. The Balaban J connectivity index is 1.47. The molecule has 8 nitrogen and oxygen atoms in total. The molecule has 0 aliphatic carbocycles. The highest BCUT2D eigenvalue weighted by molar-refractivity contribution is 5.93. The molecule has 1 aromatic heterocycles. The van der Waals surface area contributed by atoms with E-state index in [-0.39, 0.29) is 30.0 Å². The fourth-order valence-corrected chi connectivity index (χ4v) is 3.99. The van der Waals surface area contributed by atoms with Crippen molar-refractivity contribution in [2.75, 3.05) is 13.1 Å². The summed E-state index contributed by atoms with van der Waals surface area (Å²) in [7, 11) is 0. The van der Waals surface area contributed by atoms with Crippen molar-refractivity contribution in [3.8, 4) is 11.3 Å². The average molecular weight is 457 g/mol. The van der Waals surface area contributed by atoms with E-state index in [1.807, 2.05) is 35.2 Å². The fourth-order valence-electron chi connectivity index (χ4n) is 3.99. The first-order valence-corrected chi connectivity index (χ1v) is 10.3. The number of hydrogen-bond acceptors (Lipinski definition) is 6. The molecule has 2 aromatic carbocycles. The van der Waals surface area contributed by atoms with Gasteiger partial charge in [-0.05, 0) is 24.1 Å². The van der Waals surface area contributed by atoms with Gasteiger partial charge in [-0.25, -0.2) is 13.8 Å². The van der Waals surface area contributed by atoms with Crippen LogP contribution in [-0.4, -0.2) is 56.4 Å². The Morgan fingerprint density at radius 2 is 1.91 bits per heavy atom. The predicted octanol–water partition coefficient (Wildman–Crippen LogP) is 3.43. The Morgan fingerprint density at radius 3 is 2.61 bits per heavy atom. The van der Waals surface area contributed by atoms with Crippen molar-refractivity contribution in [2.24, 2.45) is 5.92 Å². The molecule has 2 N–H and O–H groups in total. The Bertz CT molecular complexity index is 1150. The first kappa shape index (κ1) is 22.6. The summed E-state index contributed by atoms with van der Waals surface area (Å²) >= 11 is 0. The van der Waals surface area contributed by atoms with Crippen LogP contribution in [0.15, 0.2) is 59.1 Å². The van der Waals surface area contributed by atoms with Crippen LogP contribution in [0.4, 0.5) is 8.78 Å². The maximum Gasteiger partial charge on any atom is 0.310 e.